The molecule has 0 spiro atoms. The second-order valence-corrected chi connectivity index (χ2v) is 9.50. The van der Waals surface area contributed by atoms with Gasteiger partial charge in [-0.3, -0.25) is 14.9 Å². The second-order valence-electron chi connectivity index (χ2n) is 8.58. The molecule has 4 rings (SSSR count). The molecule has 0 unspecified atom stereocenters. The number of nitrogens with one attached hydrogen (secondary N) is 3. The van der Waals surface area contributed by atoms with Crippen LogP contribution in [0.15, 0.2) is 41.9 Å². The van der Waals surface area contributed by atoms with Crippen LogP contribution in [-0.2, 0) is 12.0 Å². The first kappa shape index (κ1) is 22.6. The maximum atomic E-state index is 12.9. The van der Waals surface area contributed by atoms with Crippen molar-refractivity contribution in [3.63, 3.8) is 0 Å². The van der Waals surface area contributed by atoms with Crippen LogP contribution < -0.4 is 20.1 Å². The molecule has 8 nitrogen and oxygen atoms in total. The first-order valence-corrected chi connectivity index (χ1v) is 11.4. The lowest BCUT2D eigenvalue weighted by atomic mass is 9.92. The second kappa shape index (κ2) is 9.11. The molecule has 0 radical (unpaired) electrons. The van der Waals surface area contributed by atoms with E-state index in [0.717, 1.165) is 27.8 Å². The Balaban J connectivity index is 1.53. The van der Waals surface area contributed by atoms with E-state index < -0.39 is 0 Å². The number of ether oxygens (including phenoxy) is 2. The summed E-state index contributed by atoms with van der Waals surface area (Å²) in [4.78, 5) is 18.0. The number of thiophene rings is 1. The topological polar surface area (TPSA) is 101 Å². The molecule has 0 aliphatic carbocycles. The average Bonchev–Trinajstić information content (AvgIpc) is 3.46. The van der Waals surface area contributed by atoms with Crippen molar-refractivity contribution in [2.75, 3.05) is 24.9 Å². The summed E-state index contributed by atoms with van der Waals surface area (Å²) >= 11 is 1.37. The number of anilines is 2. The van der Waals surface area contributed by atoms with Crippen molar-refractivity contribution in [1.82, 2.24) is 15.2 Å². The van der Waals surface area contributed by atoms with Gasteiger partial charge in [-0.1, -0.05) is 20.8 Å². The highest BCUT2D eigenvalue weighted by atomic mass is 32.1. The third-order valence-corrected chi connectivity index (χ3v) is 6.20. The summed E-state index contributed by atoms with van der Waals surface area (Å²) in [6.07, 6.45) is 1.75. The van der Waals surface area contributed by atoms with Gasteiger partial charge in [0.15, 0.2) is 5.82 Å². The third kappa shape index (κ3) is 4.78. The molecule has 3 heterocycles. The van der Waals surface area contributed by atoms with Crippen LogP contribution in [0.5, 0.6) is 11.5 Å². The molecule has 3 N–H and O–H groups in total. The first-order valence-electron chi connectivity index (χ1n) is 10.5. The van der Waals surface area contributed by atoms with Gasteiger partial charge in [-0.2, -0.15) is 5.10 Å². The van der Waals surface area contributed by atoms with E-state index in [1.807, 2.05) is 35.7 Å². The molecule has 4 aromatic rings. The van der Waals surface area contributed by atoms with Crippen LogP contribution in [-0.4, -0.2) is 35.3 Å². The van der Waals surface area contributed by atoms with Crippen LogP contribution in [0, 0.1) is 0 Å². The highest BCUT2D eigenvalue weighted by Crippen LogP contribution is 2.33. The normalized spacial score (nSPS) is 11.4. The minimum Gasteiger partial charge on any atom is -0.497 e. The Labute approximate surface area is 196 Å². The summed E-state index contributed by atoms with van der Waals surface area (Å²) in [7, 11) is 3.24. The van der Waals surface area contributed by atoms with Crippen LogP contribution in [0.4, 0.5) is 11.5 Å². The molecule has 3 aromatic heterocycles. The Bertz CT molecular complexity index is 1290. The molecule has 0 fully saturated rings. The largest absolute Gasteiger partial charge is 0.497 e. The highest BCUT2D eigenvalue weighted by molar-refractivity contribution is 7.12. The molecule has 0 saturated heterocycles. The summed E-state index contributed by atoms with van der Waals surface area (Å²) in [6, 6.07) is 9.41. The van der Waals surface area contributed by atoms with Crippen LogP contribution in [0.1, 0.15) is 41.7 Å². The number of aromatic nitrogens is 3. The van der Waals surface area contributed by atoms with Gasteiger partial charge in [-0.25, -0.2) is 0 Å². The zero-order chi connectivity index (χ0) is 23.6. The molecule has 0 aliphatic heterocycles. The van der Waals surface area contributed by atoms with Crippen molar-refractivity contribution in [2.24, 2.45) is 0 Å². The summed E-state index contributed by atoms with van der Waals surface area (Å²) < 4.78 is 10.9. The van der Waals surface area contributed by atoms with Crippen molar-refractivity contribution in [2.45, 2.75) is 32.7 Å². The standard InChI is InChI=1S/C24H27N5O3S/c1-24(2,3)19-12-20(29-28-19)27-23(30)22-16(7-9-33-22)26-13-14-6-8-25-17-10-15(31-4)11-18(32-5)21(14)17/h6-12,26H,13H2,1-5H3,(H2,27,28,29,30). The summed E-state index contributed by atoms with van der Waals surface area (Å²) in [6.45, 7) is 6.75. The third-order valence-electron chi connectivity index (χ3n) is 5.29. The van der Waals surface area contributed by atoms with Gasteiger partial charge in [-0.15, -0.1) is 11.3 Å². The summed E-state index contributed by atoms with van der Waals surface area (Å²) in [5.74, 6) is 1.66. The fourth-order valence-corrected chi connectivity index (χ4v) is 4.24. The summed E-state index contributed by atoms with van der Waals surface area (Å²) in [5, 5.41) is 16.3. The Morgan fingerprint density at radius 3 is 2.67 bits per heavy atom. The van der Waals surface area contributed by atoms with Crippen LogP contribution in [0.3, 0.4) is 0 Å². The van der Waals surface area contributed by atoms with Gasteiger partial charge in [0.05, 0.1) is 25.4 Å². The van der Waals surface area contributed by atoms with E-state index in [0.29, 0.717) is 28.7 Å². The van der Waals surface area contributed by atoms with E-state index in [4.69, 9.17) is 9.47 Å². The average molecular weight is 466 g/mol. The zero-order valence-corrected chi connectivity index (χ0v) is 20.1. The monoisotopic (exact) mass is 465 g/mol. The molecule has 0 atom stereocenters. The van der Waals surface area contributed by atoms with Crippen LogP contribution in [0.2, 0.25) is 0 Å². The van der Waals surface area contributed by atoms with E-state index in [-0.39, 0.29) is 11.3 Å². The van der Waals surface area contributed by atoms with Crippen molar-refractivity contribution >= 4 is 39.7 Å². The SMILES string of the molecule is COc1cc(OC)c2c(CNc3ccsc3C(=O)Nc3cc(C(C)(C)C)[nH]n3)ccnc2c1. The van der Waals surface area contributed by atoms with Gasteiger partial charge in [-0.05, 0) is 23.1 Å². The number of nitrogens with zero attached hydrogens (tertiary/aromatic N) is 2. The number of benzene rings is 1. The van der Waals surface area contributed by atoms with E-state index >= 15 is 0 Å². The zero-order valence-electron chi connectivity index (χ0n) is 19.3. The first-order chi connectivity index (χ1) is 15.8. The van der Waals surface area contributed by atoms with Crippen molar-refractivity contribution in [3.05, 3.63) is 58.0 Å². The Morgan fingerprint density at radius 2 is 1.97 bits per heavy atom. The number of hydrogen-bond acceptors (Lipinski definition) is 7. The minimum atomic E-state index is -0.207. The molecule has 33 heavy (non-hydrogen) atoms. The van der Waals surface area contributed by atoms with E-state index in [2.05, 4.69) is 46.6 Å². The molecular weight excluding hydrogens is 438 g/mol. The maximum absolute atomic E-state index is 12.9. The summed E-state index contributed by atoms with van der Waals surface area (Å²) in [5.41, 5.74) is 3.41. The molecule has 0 saturated carbocycles. The molecule has 0 aliphatic rings. The fourth-order valence-electron chi connectivity index (χ4n) is 3.48. The number of pyridine rings is 1. The van der Waals surface area contributed by atoms with Crippen molar-refractivity contribution in [1.29, 1.82) is 0 Å². The number of H-pyrrole nitrogens is 1. The Kier molecular flexibility index (Phi) is 6.24. The molecule has 9 heteroatoms. The molecule has 172 valence electrons. The van der Waals surface area contributed by atoms with Crippen LogP contribution >= 0.6 is 11.3 Å². The van der Waals surface area contributed by atoms with Gasteiger partial charge in [0.2, 0.25) is 0 Å². The van der Waals surface area contributed by atoms with Gasteiger partial charge in [0.25, 0.3) is 5.91 Å². The quantitative estimate of drug-likeness (QED) is 0.347. The number of carbonyl (C=O) groups excluding carboxylic acids is 1. The number of amides is 1. The Hall–Kier alpha value is -3.59. The van der Waals surface area contributed by atoms with Gasteiger partial charge in [0.1, 0.15) is 16.4 Å². The van der Waals surface area contributed by atoms with Gasteiger partial charge < -0.3 is 20.1 Å². The minimum absolute atomic E-state index is 0.0794. The predicted molar refractivity (Wildman–Crippen MR) is 132 cm³/mol. The van der Waals surface area contributed by atoms with Gasteiger partial charge in [0, 0.05) is 47.4 Å². The lowest BCUT2D eigenvalue weighted by molar-refractivity contribution is 0.103. The molecule has 1 amide bonds. The maximum Gasteiger partial charge on any atom is 0.269 e. The molecular formula is C24H27N5O3S. The van der Waals surface area contributed by atoms with Crippen molar-refractivity contribution in [3.8, 4) is 11.5 Å². The van der Waals surface area contributed by atoms with Crippen LogP contribution in [0.25, 0.3) is 10.9 Å². The number of methoxy groups -OCH3 is 2. The predicted octanol–water partition coefficient (Wildman–Crippen LogP) is 5.20. The number of fused-ring (bicyclic) bond motifs is 1. The highest BCUT2D eigenvalue weighted by Gasteiger charge is 2.19. The smallest absolute Gasteiger partial charge is 0.269 e. The Morgan fingerprint density at radius 1 is 1.15 bits per heavy atom. The lowest BCUT2D eigenvalue weighted by Gasteiger charge is -2.14. The van der Waals surface area contributed by atoms with E-state index in [9.17, 15) is 4.79 Å². The molecule has 0 bridgehead atoms. The number of aromatic amines is 1. The van der Waals surface area contributed by atoms with E-state index in [1.54, 1.807) is 20.4 Å². The van der Waals surface area contributed by atoms with Gasteiger partial charge >= 0.3 is 0 Å². The fraction of sp³-hybridized carbons (Fsp3) is 0.292. The number of hydrogen-bond donors (Lipinski definition) is 3. The molecule has 1 aromatic carbocycles. The number of rotatable bonds is 7. The van der Waals surface area contributed by atoms with E-state index in [1.165, 1.54) is 11.3 Å². The number of carbonyl (C=O) groups is 1. The van der Waals surface area contributed by atoms with Crippen molar-refractivity contribution < 1.29 is 14.3 Å². The lowest BCUT2D eigenvalue weighted by Crippen LogP contribution is -2.13.